The lowest BCUT2D eigenvalue weighted by atomic mass is 9.93. The molecule has 0 unspecified atom stereocenters. The zero-order valence-corrected chi connectivity index (χ0v) is 17.8. The Hall–Kier alpha value is -2.90. The minimum atomic E-state index is -0.201. The van der Waals surface area contributed by atoms with E-state index < -0.39 is 0 Å². The normalized spacial score (nSPS) is 17.6. The van der Waals surface area contributed by atoms with Crippen LogP contribution in [-0.2, 0) is 32.9 Å². The van der Waals surface area contributed by atoms with Gasteiger partial charge in [-0.25, -0.2) is 9.97 Å². The van der Waals surface area contributed by atoms with Gasteiger partial charge in [0.05, 0.1) is 11.4 Å². The first-order chi connectivity index (χ1) is 15.1. The second kappa shape index (κ2) is 7.07. The van der Waals surface area contributed by atoms with E-state index in [0.29, 0.717) is 27.6 Å². The van der Waals surface area contributed by atoms with E-state index in [9.17, 15) is 5.11 Å². The molecule has 1 atom stereocenters. The third kappa shape index (κ3) is 2.95. The first-order valence-electron chi connectivity index (χ1n) is 10.5. The van der Waals surface area contributed by atoms with Crippen molar-refractivity contribution in [3.8, 4) is 17.0 Å². The highest BCUT2D eigenvalue weighted by Gasteiger charge is 2.34. The molecule has 4 heterocycles. The molecule has 0 saturated heterocycles. The number of aryl methyl sites for hydroxylation is 2. The van der Waals surface area contributed by atoms with E-state index in [1.54, 1.807) is 6.07 Å². The lowest BCUT2D eigenvalue weighted by Gasteiger charge is -2.17. The number of fused-ring (bicyclic) bond motifs is 3. The van der Waals surface area contributed by atoms with Crippen LogP contribution in [0.4, 0.5) is 0 Å². The van der Waals surface area contributed by atoms with E-state index in [0.717, 1.165) is 41.8 Å². The molecule has 0 fully saturated rings. The lowest BCUT2D eigenvalue weighted by molar-refractivity contribution is 0.226. The number of rotatable bonds is 3. The van der Waals surface area contributed by atoms with Crippen LogP contribution in [0.2, 0.25) is 5.02 Å². The number of hydrogen-bond donors (Lipinski definition) is 1. The molecular formula is C23H21ClN4O3. The summed E-state index contributed by atoms with van der Waals surface area (Å²) in [6.07, 6.45) is 6.56. The van der Waals surface area contributed by atoms with Crippen molar-refractivity contribution in [1.29, 1.82) is 0 Å². The predicted octanol–water partition coefficient (Wildman–Crippen LogP) is 4.32. The minimum Gasteiger partial charge on any atom is -0.483 e. The van der Waals surface area contributed by atoms with E-state index in [-0.39, 0.29) is 12.7 Å². The molecule has 0 spiro atoms. The lowest BCUT2D eigenvalue weighted by Crippen LogP contribution is -2.12. The van der Waals surface area contributed by atoms with Gasteiger partial charge in [-0.15, -0.1) is 0 Å². The Morgan fingerprint density at radius 1 is 1.19 bits per heavy atom. The first-order valence-corrected chi connectivity index (χ1v) is 10.9. The summed E-state index contributed by atoms with van der Waals surface area (Å²) < 4.78 is 14.3. The molecular weight excluding hydrogens is 416 g/mol. The highest BCUT2D eigenvalue weighted by atomic mass is 35.5. The van der Waals surface area contributed by atoms with Crippen molar-refractivity contribution in [1.82, 2.24) is 19.7 Å². The van der Waals surface area contributed by atoms with Crippen molar-refractivity contribution < 1.29 is 14.3 Å². The fraction of sp³-hybridized carbons (Fsp3) is 0.348. The molecule has 1 aromatic carbocycles. The number of ether oxygens (including phenoxy) is 1. The molecule has 1 aliphatic carbocycles. The van der Waals surface area contributed by atoms with Gasteiger partial charge in [0.25, 0.3) is 0 Å². The second-order valence-electron chi connectivity index (χ2n) is 8.20. The van der Waals surface area contributed by atoms with Crippen LogP contribution in [-0.4, -0.2) is 24.9 Å². The average molecular weight is 437 g/mol. The van der Waals surface area contributed by atoms with Gasteiger partial charge in [-0.2, -0.15) is 5.10 Å². The van der Waals surface area contributed by atoms with E-state index in [1.165, 1.54) is 30.4 Å². The molecule has 158 valence electrons. The molecule has 7 nitrogen and oxygen atoms in total. The van der Waals surface area contributed by atoms with E-state index in [4.69, 9.17) is 25.9 Å². The molecule has 6 rings (SSSR count). The number of furan rings is 1. The molecule has 31 heavy (non-hydrogen) atoms. The van der Waals surface area contributed by atoms with Crippen LogP contribution in [0, 0.1) is 0 Å². The number of hydrogen-bond acceptors (Lipinski definition) is 6. The van der Waals surface area contributed by atoms with Gasteiger partial charge in [0.15, 0.2) is 5.58 Å². The summed E-state index contributed by atoms with van der Waals surface area (Å²) in [6, 6.07) is 5.53. The van der Waals surface area contributed by atoms with Gasteiger partial charge in [-0.1, -0.05) is 11.6 Å². The first kappa shape index (κ1) is 18.8. The highest BCUT2D eigenvalue weighted by Crippen LogP contribution is 2.47. The summed E-state index contributed by atoms with van der Waals surface area (Å²) in [5, 5.41) is 14.8. The molecule has 0 bridgehead atoms. The van der Waals surface area contributed by atoms with Gasteiger partial charge in [-0.05, 0) is 37.8 Å². The maximum atomic E-state index is 9.47. The summed E-state index contributed by atoms with van der Waals surface area (Å²) >= 11 is 6.49. The van der Waals surface area contributed by atoms with Crippen LogP contribution in [0.1, 0.15) is 47.2 Å². The summed E-state index contributed by atoms with van der Waals surface area (Å²) in [4.78, 5) is 8.74. The smallest absolute Gasteiger partial charge is 0.179 e. The van der Waals surface area contributed by atoms with Crippen molar-refractivity contribution in [2.45, 2.75) is 44.8 Å². The Labute approximate surface area is 183 Å². The van der Waals surface area contributed by atoms with Crippen LogP contribution in [0.3, 0.4) is 0 Å². The Bertz CT molecular complexity index is 1330. The van der Waals surface area contributed by atoms with Crippen molar-refractivity contribution in [2.24, 2.45) is 7.05 Å². The summed E-state index contributed by atoms with van der Waals surface area (Å²) in [7, 11) is 2.00. The van der Waals surface area contributed by atoms with Gasteiger partial charge >= 0.3 is 0 Å². The van der Waals surface area contributed by atoms with Crippen LogP contribution in [0.25, 0.3) is 22.4 Å². The van der Waals surface area contributed by atoms with Crippen LogP contribution in [0.5, 0.6) is 5.75 Å². The number of aromatic nitrogens is 4. The number of halogens is 1. The number of benzene rings is 1. The SMILES string of the molecule is Cn1nc2c(c1[C@H]1Cc3cc(Cl)cc(-c4ncnc5cc(CO)oc45)c3O1)CCCC2. The minimum absolute atomic E-state index is 0.117. The second-order valence-corrected chi connectivity index (χ2v) is 8.64. The average Bonchev–Trinajstić information content (AvgIpc) is 3.45. The van der Waals surface area contributed by atoms with Crippen molar-refractivity contribution in [2.75, 3.05) is 0 Å². The Morgan fingerprint density at radius 2 is 2.06 bits per heavy atom. The van der Waals surface area contributed by atoms with Crippen LogP contribution in [0.15, 0.2) is 28.9 Å². The maximum absolute atomic E-state index is 9.47. The van der Waals surface area contributed by atoms with Crippen molar-refractivity contribution in [3.63, 3.8) is 0 Å². The van der Waals surface area contributed by atoms with Crippen molar-refractivity contribution in [3.05, 3.63) is 57.8 Å². The van der Waals surface area contributed by atoms with Crippen LogP contribution < -0.4 is 4.74 Å². The van der Waals surface area contributed by atoms with Gasteiger partial charge < -0.3 is 14.3 Å². The molecule has 1 N–H and O–H groups in total. The molecule has 8 heteroatoms. The molecule has 3 aromatic heterocycles. The topological polar surface area (TPSA) is 86.2 Å². The summed E-state index contributed by atoms with van der Waals surface area (Å²) in [6.45, 7) is -0.201. The fourth-order valence-electron chi connectivity index (χ4n) is 4.94. The molecule has 4 aromatic rings. The van der Waals surface area contributed by atoms with E-state index in [2.05, 4.69) is 9.97 Å². The quantitative estimate of drug-likeness (QED) is 0.514. The zero-order valence-electron chi connectivity index (χ0n) is 17.1. The molecule has 0 saturated carbocycles. The zero-order chi connectivity index (χ0) is 21.1. The Kier molecular flexibility index (Phi) is 4.30. The molecule has 0 amide bonds. The summed E-state index contributed by atoms with van der Waals surface area (Å²) in [5.41, 5.74) is 7.26. The number of aliphatic hydroxyl groups excluding tert-OH is 1. The third-order valence-electron chi connectivity index (χ3n) is 6.24. The maximum Gasteiger partial charge on any atom is 0.179 e. The predicted molar refractivity (Wildman–Crippen MR) is 115 cm³/mol. The highest BCUT2D eigenvalue weighted by molar-refractivity contribution is 6.31. The fourth-order valence-corrected chi connectivity index (χ4v) is 5.18. The molecule has 2 aliphatic rings. The number of nitrogens with zero attached hydrogens (tertiary/aromatic N) is 4. The molecule has 0 radical (unpaired) electrons. The van der Waals surface area contributed by atoms with Gasteiger partial charge in [0.2, 0.25) is 0 Å². The van der Waals surface area contributed by atoms with E-state index >= 15 is 0 Å². The van der Waals surface area contributed by atoms with E-state index in [1.807, 2.05) is 23.9 Å². The standard InChI is InChI=1S/C23H21ClN4O3/c1-28-21(15-4-2-3-5-17(15)27-28)19-7-12-6-13(24)8-16(22(12)31-19)20-23-18(25-11-26-20)9-14(10-29)30-23/h6,8-9,11,19,29H,2-5,7,10H2,1H3/t19-/m1/s1. The van der Waals surface area contributed by atoms with Gasteiger partial charge in [-0.3, -0.25) is 4.68 Å². The third-order valence-corrected chi connectivity index (χ3v) is 6.46. The Balaban J connectivity index is 1.47. The Morgan fingerprint density at radius 3 is 2.94 bits per heavy atom. The van der Waals surface area contributed by atoms with Crippen molar-refractivity contribution >= 4 is 22.7 Å². The van der Waals surface area contributed by atoms with Crippen LogP contribution >= 0.6 is 11.6 Å². The van der Waals surface area contributed by atoms with Gasteiger partial charge in [0, 0.05) is 41.2 Å². The monoisotopic (exact) mass is 436 g/mol. The molecule has 1 aliphatic heterocycles. The summed E-state index contributed by atoms with van der Waals surface area (Å²) in [5.74, 6) is 1.21. The van der Waals surface area contributed by atoms with Gasteiger partial charge in [0.1, 0.15) is 41.8 Å². The number of aliphatic hydroxyl groups is 1. The largest absolute Gasteiger partial charge is 0.483 e.